The molecule has 15 heavy (non-hydrogen) atoms. The third-order valence-electron chi connectivity index (χ3n) is 1.68. The molecule has 1 heterocycles. The van der Waals surface area contributed by atoms with Crippen LogP contribution in [0.1, 0.15) is 17.6 Å². The van der Waals surface area contributed by atoms with Gasteiger partial charge in [0, 0.05) is 6.20 Å². The quantitative estimate of drug-likeness (QED) is 0.721. The van der Waals surface area contributed by atoms with Gasteiger partial charge in [0.25, 0.3) is 6.43 Å². The number of hydrogen-bond donors (Lipinski definition) is 2. The number of nitrogens with two attached hydrogens (primary N) is 1. The molecule has 0 saturated carbocycles. The standard InChI is InChI=1S/C7H5F5N2O/c8-5(9)3-4(15)2(7(10,11)12)1-14-6(3)13/h1,5H,(H3,13,14,15). The number of hydrogen-bond acceptors (Lipinski definition) is 2. The minimum atomic E-state index is -4.98. The van der Waals surface area contributed by atoms with Crippen LogP contribution in [0.25, 0.3) is 0 Å². The van der Waals surface area contributed by atoms with E-state index in [4.69, 9.17) is 5.73 Å². The molecule has 3 nitrogen and oxygen atoms in total. The maximum Gasteiger partial charge on any atom is 0.421 e. The number of H-pyrrole nitrogens is 1. The normalized spacial score (nSPS) is 12.1. The van der Waals surface area contributed by atoms with E-state index in [2.05, 4.69) is 0 Å². The van der Waals surface area contributed by atoms with Crippen LogP contribution in [-0.4, -0.2) is 4.98 Å². The summed E-state index contributed by atoms with van der Waals surface area (Å²) in [4.78, 5) is 12.8. The average Bonchev–Trinajstić information content (AvgIpc) is 2.00. The molecule has 0 aliphatic carbocycles. The minimum absolute atomic E-state index is 0.267. The molecule has 1 rings (SSSR count). The van der Waals surface area contributed by atoms with Crippen molar-refractivity contribution >= 4 is 5.82 Å². The average molecular weight is 228 g/mol. The maximum absolute atomic E-state index is 12.2. The predicted octanol–water partition coefficient (Wildman–Crippen LogP) is 1.91. The molecule has 0 amide bonds. The van der Waals surface area contributed by atoms with Crippen LogP contribution >= 0.6 is 0 Å². The van der Waals surface area contributed by atoms with Gasteiger partial charge in [0.2, 0.25) is 5.43 Å². The summed E-state index contributed by atoms with van der Waals surface area (Å²) < 4.78 is 60.7. The van der Waals surface area contributed by atoms with Crippen LogP contribution in [0.15, 0.2) is 11.0 Å². The molecule has 8 heteroatoms. The Balaban J connectivity index is 3.50. The van der Waals surface area contributed by atoms with Gasteiger partial charge in [0.15, 0.2) is 0 Å². The molecule has 0 bridgehead atoms. The Hall–Kier alpha value is -1.60. The summed E-state index contributed by atoms with van der Waals surface area (Å²) in [6, 6.07) is 0. The Bertz CT molecular complexity index is 422. The van der Waals surface area contributed by atoms with Gasteiger partial charge in [0.1, 0.15) is 16.9 Å². The van der Waals surface area contributed by atoms with Gasteiger partial charge in [-0.1, -0.05) is 0 Å². The second-order valence-corrected chi connectivity index (χ2v) is 2.66. The number of nitrogens with one attached hydrogen (secondary N) is 1. The van der Waals surface area contributed by atoms with E-state index in [0.29, 0.717) is 0 Å². The molecular formula is C7H5F5N2O. The van der Waals surface area contributed by atoms with Crippen LogP contribution in [0.5, 0.6) is 0 Å². The van der Waals surface area contributed by atoms with Gasteiger partial charge in [-0.25, -0.2) is 8.78 Å². The number of rotatable bonds is 1. The van der Waals surface area contributed by atoms with Crippen molar-refractivity contribution < 1.29 is 22.0 Å². The van der Waals surface area contributed by atoms with E-state index in [1.165, 1.54) is 0 Å². The van der Waals surface area contributed by atoms with Crippen molar-refractivity contribution in [2.24, 2.45) is 0 Å². The van der Waals surface area contributed by atoms with Gasteiger partial charge >= 0.3 is 6.18 Å². The number of anilines is 1. The number of nitrogen functional groups attached to an aromatic ring is 1. The van der Waals surface area contributed by atoms with Gasteiger partial charge in [-0.15, -0.1) is 0 Å². The molecule has 0 spiro atoms. The fourth-order valence-corrected chi connectivity index (χ4v) is 0.988. The highest BCUT2D eigenvalue weighted by atomic mass is 19.4. The summed E-state index contributed by atoms with van der Waals surface area (Å²) in [5.41, 5.74) is 0.0895. The van der Waals surface area contributed by atoms with E-state index in [1.54, 1.807) is 4.98 Å². The zero-order valence-corrected chi connectivity index (χ0v) is 7.03. The van der Waals surface area contributed by atoms with Crippen LogP contribution in [0.4, 0.5) is 27.8 Å². The van der Waals surface area contributed by atoms with Crippen LogP contribution in [-0.2, 0) is 6.18 Å². The van der Waals surface area contributed by atoms with Gasteiger partial charge in [-0.05, 0) is 0 Å². The zero-order chi connectivity index (χ0) is 11.8. The van der Waals surface area contributed by atoms with Crippen molar-refractivity contribution in [1.82, 2.24) is 4.98 Å². The summed E-state index contributed by atoms with van der Waals surface area (Å²) in [7, 11) is 0. The fraction of sp³-hybridized carbons (Fsp3) is 0.286. The second kappa shape index (κ2) is 3.52. The molecule has 0 aromatic carbocycles. The lowest BCUT2D eigenvalue weighted by Crippen LogP contribution is -2.24. The van der Waals surface area contributed by atoms with E-state index < -0.39 is 35.0 Å². The SMILES string of the molecule is Nc1[nH]cc(C(F)(F)F)c(=O)c1C(F)F. The number of aromatic nitrogens is 1. The Kier molecular flexibility index (Phi) is 2.69. The van der Waals surface area contributed by atoms with Crippen molar-refractivity contribution in [3.8, 4) is 0 Å². The number of halogens is 5. The lowest BCUT2D eigenvalue weighted by molar-refractivity contribution is -0.138. The predicted molar refractivity (Wildman–Crippen MR) is 41.4 cm³/mol. The third-order valence-corrected chi connectivity index (χ3v) is 1.68. The molecule has 0 atom stereocenters. The first-order chi connectivity index (χ1) is 6.75. The number of alkyl halides is 5. The largest absolute Gasteiger partial charge is 0.421 e. The van der Waals surface area contributed by atoms with Crippen molar-refractivity contribution in [3.05, 3.63) is 27.5 Å². The Morgan fingerprint density at radius 1 is 1.33 bits per heavy atom. The molecule has 0 saturated heterocycles. The minimum Gasteiger partial charge on any atom is -0.385 e. The van der Waals surface area contributed by atoms with Crippen molar-refractivity contribution in [3.63, 3.8) is 0 Å². The highest BCUT2D eigenvalue weighted by Crippen LogP contribution is 2.29. The highest BCUT2D eigenvalue weighted by Gasteiger charge is 2.36. The van der Waals surface area contributed by atoms with Crippen molar-refractivity contribution in [2.75, 3.05) is 5.73 Å². The molecule has 0 unspecified atom stereocenters. The Morgan fingerprint density at radius 3 is 2.27 bits per heavy atom. The molecule has 1 aromatic rings. The summed E-state index contributed by atoms with van der Waals surface area (Å²) in [5, 5.41) is 0. The van der Waals surface area contributed by atoms with Crippen LogP contribution < -0.4 is 11.2 Å². The molecule has 0 aliphatic heterocycles. The molecule has 3 N–H and O–H groups in total. The molecule has 1 aromatic heterocycles. The molecule has 0 fully saturated rings. The smallest absolute Gasteiger partial charge is 0.385 e. The summed E-state index contributed by atoms with van der Waals surface area (Å²) >= 11 is 0. The maximum atomic E-state index is 12.2. The van der Waals surface area contributed by atoms with Gasteiger partial charge in [-0.2, -0.15) is 13.2 Å². The number of pyridine rings is 1. The zero-order valence-electron chi connectivity index (χ0n) is 7.03. The van der Waals surface area contributed by atoms with Gasteiger partial charge < -0.3 is 10.7 Å². The van der Waals surface area contributed by atoms with Crippen molar-refractivity contribution in [1.29, 1.82) is 0 Å². The van der Waals surface area contributed by atoms with Crippen LogP contribution in [0.3, 0.4) is 0 Å². The Labute approximate surface area is 79.7 Å². The monoisotopic (exact) mass is 228 g/mol. The molecule has 0 radical (unpaired) electrons. The first-order valence-corrected chi connectivity index (χ1v) is 3.61. The number of aromatic amines is 1. The first kappa shape index (κ1) is 11.5. The highest BCUT2D eigenvalue weighted by molar-refractivity contribution is 5.42. The van der Waals surface area contributed by atoms with E-state index in [0.717, 1.165) is 0 Å². The van der Waals surface area contributed by atoms with Gasteiger partial charge in [-0.3, -0.25) is 4.79 Å². The summed E-state index contributed by atoms with van der Waals surface area (Å²) in [5.74, 6) is -0.761. The summed E-state index contributed by atoms with van der Waals surface area (Å²) in [6.07, 6.45) is -8.06. The van der Waals surface area contributed by atoms with Gasteiger partial charge in [0.05, 0.1) is 0 Å². The third kappa shape index (κ3) is 2.08. The van der Waals surface area contributed by atoms with E-state index in [9.17, 15) is 26.7 Å². The van der Waals surface area contributed by atoms with Crippen LogP contribution in [0, 0.1) is 0 Å². The van der Waals surface area contributed by atoms with Crippen molar-refractivity contribution in [2.45, 2.75) is 12.6 Å². The Morgan fingerprint density at radius 2 is 1.87 bits per heavy atom. The van der Waals surface area contributed by atoms with E-state index in [-0.39, 0.29) is 6.20 Å². The fourth-order valence-electron chi connectivity index (χ4n) is 0.988. The topological polar surface area (TPSA) is 58.9 Å². The molecular weight excluding hydrogens is 223 g/mol. The van der Waals surface area contributed by atoms with E-state index in [1.807, 2.05) is 0 Å². The van der Waals surface area contributed by atoms with E-state index >= 15 is 0 Å². The lowest BCUT2D eigenvalue weighted by atomic mass is 10.1. The second-order valence-electron chi connectivity index (χ2n) is 2.66. The lowest BCUT2D eigenvalue weighted by Gasteiger charge is -2.09. The molecule has 0 aliphatic rings. The molecule has 84 valence electrons. The summed E-state index contributed by atoms with van der Waals surface area (Å²) in [6.45, 7) is 0. The van der Waals surface area contributed by atoms with Crippen LogP contribution in [0.2, 0.25) is 0 Å². The first-order valence-electron chi connectivity index (χ1n) is 3.61.